The van der Waals surface area contributed by atoms with E-state index >= 15 is 0 Å². The molecule has 2 N–H and O–H groups in total. The van der Waals surface area contributed by atoms with Crippen LogP contribution < -0.4 is 10.6 Å². The highest BCUT2D eigenvalue weighted by Gasteiger charge is 2.29. The number of nitrogens with one attached hydrogen (secondary N) is 2. The van der Waals surface area contributed by atoms with E-state index in [4.69, 9.17) is 0 Å². The SMILES string of the molecule is CN=C(NCC(C)(C)c1cccc(F)c1)NC1CCS(=O)(=O)C1. The maximum absolute atomic E-state index is 13.4. The zero-order valence-corrected chi connectivity index (χ0v) is 14.6. The lowest BCUT2D eigenvalue weighted by Gasteiger charge is -2.27. The number of sulfone groups is 1. The summed E-state index contributed by atoms with van der Waals surface area (Å²) in [6.45, 7) is 4.58. The molecule has 128 valence electrons. The molecule has 0 saturated carbocycles. The van der Waals surface area contributed by atoms with Gasteiger partial charge in [-0.3, -0.25) is 4.99 Å². The number of benzene rings is 1. The van der Waals surface area contributed by atoms with Gasteiger partial charge in [-0.25, -0.2) is 12.8 Å². The predicted molar refractivity (Wildman–Crippen MR) is 91.0 cm³/mol. The number of rotatable bonds is 4. The van der Waals surface area contributed by atoms with Gasteiger partial charge in [-0.2, -0.15) is 0 Å². The van der Waals surface area contributed by atoms with Crippen molar-refractivity contribution < 1.29 is 12.8 Å². The van der Waals surface area contributed by atoms with E-state index in [9.17, 15) is 12.8 Å². The first-order valence-corrected chi connectivity index (χ1v) is 9.48. The minimum Gasteiger partial charge on any atom is -0.356 e. The largest absolute Gasteiger partial charge is 0.356 e. The molecule has 23 heavy (non-hydrogen) atoms. The van der Waals surface area contributed by atoms with Crippen molar-refractivity contribution in [2.75, 3.05) is 25.1 Å². The topological polar surface area (TPSA) is 70.6 Å². The molecule has 5 nitrogen and oxygen atoms in total. The molecule has 1 aliphatic heterocycles. The summed E-state index contributed by atoms with van der Waals surface area (Å²) in [4.78, 5) is 4.14. The number of halogens is 1. The van der Waals surface area contributed by atoms with Gasteiger partial charge in [0, 0.05) is 25.0 Å². The van der Waals surface area contributed by atoms with Gasteiger partial charge in [-0.05, 0) is 24.1 Å². The summed E-state index contributed by atoms with van der Waals surface area (Å²) in [5, 5.41) is 6.35. The molecule has 1 heterocycles. The third-order valence-corrected chi connectivity index (χ3v) is 5.87. The predicted octanol–water partition coefficient (Wildman–Crippen LogP) is 1.46. The van der Waals surface area contributed by atoms with Crippen molar-refractivity contribution in [1.82, 2.24) is 10.6 Å². The Morgan fingerprint density at radius 2 is 2.17 bits per heavy atom. The van der Waals surface area contributed by atoms with Gasteiger partial charge < -0.3 is 10.6 Å². The van der Waals surface area contributed by atoms with Gasteiger partial charge in [0.05, 0.1) is 11.5 Å². The molecule has 1 aromatic rings. The second-order valence-corrected chi connectivity index (χ2v) is 8.79. The summed E-state index contributed by atoms with van der Waals surface area (Å²) in [7, 11) is -1.28. The van der Waals surface area contributed by atoms with Crippen LogP contribution in [0.4, 0.5) is 4.39 Å². The van der Waals surface area contributed by atoms with Crippen molar-refractivity contribution in [1.29, 1.82) is 0 Å². The zero-order chi connectivity index (χ0) is 17.1. The molecule has 1 saturated heterocycles. The molecule has 1 fully saturated rings. The standard InChI is InChI=1S/C16H24FN3O2S/c1-16(2,12-5-4-6-13(17)9-12)11-19-15(18-3)20-14-7-8-23(21,22)10-14/h4-6,9,14H,7-8,10-11H2,1-3H3,(H2,18,19,20). The Morgan fingerprint density at radius 1 is 1.43 bits per heavy atom. The number of guanidine groups is 1. The first-order valence-electron chi connectivity index (χ1n) is 7.65. The van der Waals surface area contributed by atoms with Gasteiger partial charge in [0.15, 0.2) is 15.8 Å². The first kappa shape index (κ1) is 17.7. The van der Waals surface area contributed by atoms with E-state index in [1.807, 2.05) is 19.9 Å². The summed E-state index contributed by atoms with van der Waals surface area (Å²) < 4.78 is 36.4. The Bertz CT molecular complexity index is 686. The van der Waals surface area contributed by atoms with Crippen LogP contribution in [0.5, 0.6) is 0 Å². The van der Waals surface area contributed by atoms with Crippen molar-refractivity contribution in [2.45, 2.75) is 31.7 Å². The second-order valence-electron chi connectivity index (χ2n) is 6.56. The zero-order valence-electron chi connectivity index (χ0n) is 13.8. The van der Waals surface area contributed by atoms with Crippen LogP contribution in [0.3, 0.4) is 0 Å². The first-order chi connectivity index (χ1) is 10.7. The molecule has 0 amide bonds. The van der Waals surface area contributed by atoms with Crippen LogP contribution in [0, 0.1) is 5.82 Å². The molecule has 7 heteroatoms. The third-order valence-electron chi connectivity index (χ3n) is 4.10. The van der Waals surface area contributed by atoms with Crippen molar-refractivity contribution in [3.63, 3.8) is 0 Å². The smallest absolute Gasteiger partial charge is 0.191 e. The molecule has 0 aromatic heterocycles. The summed E-state index contributed by atoms with van der Waals surface area (Å²) in [6, 6.07) is 6.44. The minimum absolute atomic E-state index is 0.108. The molecular formula is C16H24FN3O2S. The lowest BCUT2D eigenvalue weighted by molar-refractivity contribution is 0.500. The summed E-state index contributed by atoms with van der Waals surface area (Å²) >= 11 is 0. The van der Waals surface area contributed by atoms with Gasteiger partial charge in [-0.15, -0.1) is 0 Å². The monoisotopic (exact) mass is 341 g/mol. The number of hydrogen-bond acceptors (Lipinski definition) is 3. The Morgan fingerprint density at radius 3 is 2.74 bits per heavy atom. The van der Waals surface area contributed by atoms with Crippen molar-refractivity contribution >= 4 is 15.8 Å². The fourth-order valence-electron chi connectivity index (χ4n) is 2.61. The summed E-state index contributed by atoms with van der Waals surface area (Å²) in [5.74, 6) is 0.670. The quantitative estimate of drug-likeness (QED) is 0.642. The summed E-state index contributed by atoms with van der Waals surface area (Å²) in [6.07, 6.45) is 0.594. The number of aliphatic imine (C=N–C) groups is 1. The fourth-order valence-corrected chi connectivity index (χ4v) is 4.29. The van der Waals surface area contributed by atoms with E-state index in [2.05, 4.69) is 15.6 Å². The Kier molecular flexibility index (Phi) is 5.29. The van der Waals surface area contributed by atoms with Crippen LogP contribution in [-0.4, -0.2) is 45.5 Å². The van der Waals surface area contributed by atoms with E-state index in [1.54, 1.807) is 13.1 Å². The van der Waals surface area contributed by atoms with E-state index in [0.29, 0.717) is 18.9 Å². The third kappa shape index (κ3) is 4.92. The van der Waals surface area contributed by atoms with Gasteiger partial charge in [0.2, 0.25) is 0 Å². The molecule has 0 bridgehead atoms. The molecular weight excluding hydrogens is 317 g/mol. The molecule has 0 aliphatic carbocycles. The minimum atomic E-state index is -2.93. The molecule has 1 aliphatic rings. The Hall–Kier alpha value is -1.63. The van der Waals surface area contributed by atoms with Crippen LogP contribution >= 0.6 is 0 Å². The van der Waals surface area contributed by atoms with Crippen molar-refractivity contribution in [3.8, 4) is 0 Å². The van der Waals surface area contributed by atoms with Gasteiger partial charge >= 0.3 is 0 Å². The van der Waals surface area contributed by atoms with Gasteiger partial charge in [-0.1, -0.05) is 26.0 Å². The van der Waals surface area contributed by atoms with Crippen molar-refractivity contribution in [2.24, 2.45) is 4.99 Å². The van der Waals surface area contributed by atoms with Gasteiger partial charge in [0.1, 0.15) is 5.82 Å². The average Bonchev–Trinajstić information content (AvgIpc) is 2.82. The second kappa shape index (κ2) is 6.86. The van der Waals surface area contributed by atoms with Crippen LogP contribution in [-0.2, 0) is 15.3 Å². The molecule has 0 spiro atoms. The maximum atomic E-state index is 13.4. The fraction of sp³-hybridized carbons (Fsp3) is 0.562. The number of nitrogens with zero attached hydrogens (tertiary/aromatic N) is 1. The van der Waals surface area contributed by atoms with Crippen molar-refractivity contribution in [3.05, 3.63) is 35.6 Å². The molecule has 0 radical (unpaired) electrons. The average molecular weight is 341 g/mol. The molecule has 1 atom stereocenters. The van der Waals surface area contributed by atoms with Crippen LogP contribution in [0.15, 0.2) is 29.3 Å². The Labute approximate surface area is 137 Å². The molecule has 1 aromatic carbocycles. The highest BCUT2D eigenvalue weighted by Crippen LogP contribution is 2.22. The lowest BCUT2D eigenvalue weighted by atomic mass is 9.84. The van der Waals surface area contributed by atoms with Crippen LogP contribution in [0.2, 0.25) is 0 Å². The highest BCUT2D eigenvalue weighted by molar-refractivity contribution is 7.91. The van der Waals surface area contributed by atoms with Gasteiger partial charge in [0.25, 0.3) is 0 Å². The van der Waals surface area contributed by atoms with E-state index < -0.39 is 9.84 Å². The Balaban J connectivity index is 1.95. The maximum Gasteiger partial charge on any atom is 0.191 e. The lowest BCUT2D eigenvalue weighted by Crippen LogP contribution is -2.47. The molecule has 1 unspecified atom stereocenters. The highest BCUT2D eigenvalue weighted by atomic mass is 32.2. The van der Waals surface area contributed by atoms with Crippen LogP contribution in [0.25, 0.3) is 0 Å². The van der Waals surface area contributed by atoms with Crippen LogP contribution in [0.1, 0.15) is 25.8 Å². The van der Waals surface area contributed by atoms with E-state index in [-0.39, 0.29) is 28.8 Å². The summed E-state index contributed by atoms with van der Waals surface area (Å²) in [5.41, 5.74) is 0.602. The van der Waals surface area contributed by atoms with E-state index in [1.165, 1.54) is 12.1 Å². The van der Waals surface area contributed by atoms with E-state index in [0.717, 1.165) is 5.56 Å². The molecule has 2 rings (SSSR count). The normalized spacial score (nSPS) is 21.2. The number of hydrogen-bond donors (Lipinski definition) is 2.